The first-order chi connectivity index (χ1) is 7.77. The van der Waals surface area contributed by atoms with Crippen molar-refractivity contribution in [1.82, 2.24) is 4.98 Å². The van der Waals surface area contributed by atoms with Gasteiger partial charge in [-0.3, -0.25) is 4.79 Å². The number of carbonyl (C=O) groups is 1. The minimum atomic E-state index is 0.0722. The predicted molar refractivity (Wildman–Crippen MR) is 63.9 cm³/mol. The lowest BCUT2D eigenvalue weighted by Gasteiger charge is -2.09. The van der Waals surface area contributed by atoms with Gasteiger partial charge in [0.15, 0.2) is 5.78 Å². The second-order valence-corrected chi connectivity index (χ2v) is 4.87. The smallest absolute Gasteiger partial charge is 0.162 e. The summed E-state index contributed by atoms with van der Waals surface area (Å²) in [4.78, 5) is 15.6. The lowest BCUT2D eigenvalue weighted by molar-refractivity contribution is 0.101. The van der Waals surface area contributed by atoms with E-state index in [0.29, 0.717) is 11.7 Å². The minimum Gasteiger partial charge on any atom is -0.377 e. The molecule has 1 fully saturated rings. The van der Waals surface area contributed by atoms with Crippen LogP contribution in [-0.2, 0) is 4.74 Å². The molecule has 0 radical (unpaired) electrons. The van der Waals surface area contributed by atoms with Gasteiger partial charge >= 0.3 is 0 Å². The first kappa shape index (κ1) is 11.6. The molecule has 0 aliphatic carbocycles. The molecule has 16 heavy (non-hydrogen) atoms. The number of hydrogen-bond acceptors (Lipinski definition) is 4. The van der Waals surface area contributed by atoms with E-state index in [1.54, 1.807) is 30.9 Å². The van der Waals surface area contributed by atoms with E-state index in [4.69, 9.17) is 4.74 Å². The standard InChI is InChI=1S/C12H15NO2S/c1-9(14)11-5-2-6-13-12(11)16-8-10-4-3-7-15-10/h2,5-6,10H,3-4,7-8H2,1H3. The van der Waals surface area contributed by atoms with E-state index in [2.05, 4.69) is 4.98 Å². The third kappa shape index (κ3) is 2.83. The maximum atomic E-state index is 11.4. The molecule has 1 saturated heterocycles. The topological polar surface area (TPSA) is 39.2 Å². The molecule has 1 unspecified atom stereocenters. The highest BCUT2D eigenvalue weighted by Gasteiger charge is 2.17. The summed E-state index contributed by atoms with van der Waals surface area (Å²) < 4.78 is 5.54. The first-order valence-electron chi connectivity index (χ1n) is 5.47. The van der Waals surface area contributed by atoms with E-state index < -0.39 is 0 Å². The van der Waals surface area contributed by atoms with Gasteiger partial charge in [-0.05, 0) is 31.9 Å². The summed E-state index contributed by atoms with van der Waals surface area (Å²) >= 11 is 1.62. The van der Waals surface area contributed by atoms with Crippen molar-refractivity contribution in [3.63, 3.8) is 0 Å². The van der Waals surface area contributed by atoms with Crippen LogP contribution in [0.2, 0.25) is 0 Å². The molecule has 3 nitrogen and oxygen atoms in total. The average molecular weight is 237 g/mol. The molecule has 2 rings (SSSR count). The number of Topliss-reactive ketones (excluding diaryl/α,β-unsaturated/α-hetero) is 1. The number of hydrogen-bond donors (Lipinski definition) is 0. The highest BCUT2D eigenvalue weighted by Crippen LogP contribution is 2.24. The van der Waals surface area contributed by atoms with Crippen molar-refractivity contribution >= 4 is 17.5 Å². The van der Waals surface area contributed by atoms with Crippen LogP contribution in [0.1, 0.15) is 30.1 Å². The molecule has 1 aromatic rings. The van der Waals surface area contributed by atoms with E-state index >= 15 is 0 Å². The van der Waals surface area contributed by atoms with Gasteiger partial charge < -0.3 is 4.74 Å². The zero-order chi connectivity index (χ0) is 11.4. The highest BCUT2D eigenvalue weighted by molar-refractivity contribution is 7.99. The SMILES string of the molecule is CC(=O)c1cccnc1SCC1CCCO1. The highest BCUT2D eigenvalue weighted by atomic mass is 32.2. The molecule has 0 aromatic carbocycles. The van der Waals surface area contributed by atoms with Crippen molar-refractivity contribution in [3.8, 4) is 0 Å². The molecule has 4 heteroatoms. The fourth-order valence-electron chi connectivity index (χ4n) is 1.72. The normalized spacial score (nSPS) is 19.9. The molecule has 2 heterocycles. The molecule has 0 bridgehead atoms. The zero-order valence-corrected chi connectivity index (χ0v) is 10.1. The number of pyridine rings is 1. The fourth-order valence-corrected chi connectivity index (χ4v) is 2.83. The number of nitrogens with zero attached hydrogens (tertiary/aromatic N) is 1. The van der Waals surface area contributed by atoms with Gasteiger partial charge in [0.25, 0.3) is 0 Å². The number of thioether (sulfide) groups is 1. The van der Waals surface area contributed by atoms with Crippen LogP contribution in [0.15, 0.2) is 23.4 Å². The number of rotatable bonds is 4. The molecule has 0 spiro atoms. The summed E-state index contributed by atoms with van der Waals surface area (Å²) in [6, 6.07) is 3.63. The maximum absolute atomic E-state index is 11.4. The van der Waals surface area contributed by atoms with Crippen LogP contribution in [0.25, 0.3) is 0 Å². The number of ketones is 1. The van der Waals surface area contributed by atoms with E-state index in [1.807, 2.05) is 6.07 Å². The first-order valence-corrected chi connectivity index (χ1v) is 6.46. The summed E-state index contributed by atoms with van der Waals surface area (Å²) in [5.74, 6) is 0.958. The Balaban J connectivity index is 2.00. The third-order valence-electron chi connectivity index (χ3n) is 2.58. The summed E-state index contributed by atoms with van der Waals surface area (Å²) in [6.45, 7) is 2.44. The quantitative estimate of drug-likeness (QED) is 0.596. The monoisotopic (exact) mass is 237 g/mol. The lowest BCUT2D eigenvalue weighted by atomic mass is 10.2. The van der Waals surface area contributed by atoms with Crippen molar-refractivity contribution in [3.05, 3.63) is 23.9 Å². The van der Waals surface area contributed by atoms with Gasteiger partial charge in [0.05, 0.1) is 6.10 Å². The third-order valence-corrected chi connectivity index (χ3v) is 3.72. The number of carbonyl (C=O) groups excluding carboxylic acids is 1. The van der Waals surface area contributed by atoms with Crippen LogP contribution in [0.3, 0.4) is 0 Å². The van der Waals surface area contributed by atoms with Gasteiger partial charge in [-0.1, -0.05) is 0 Å². The Morgan fingerprint density at radius 3 is 3.25 bits per heavy atom. The predicted octanol–water partition coefficient (Wildman–Crippen LogP) is 2.56. The average Bonchev–Trinajstić information content (AvgIpc) is 2.79. The summed E-state index contributed by atoms with van der Waals surface area (Å²) in [5.41, 5.74) is 0.713. The van der Waals surface area contributed by atoms with Crippen molar-refractivity contribution in [2.75, 3.05) is 12.4 Å². The van der Waals surface area contributed by atoms with Crippen LogP contribution in [0.4, 0.5) is 0 Å². The largest absolute Gasteiger partial charge is 0.377 e. The Bertz CT molecular complexity index is 375. The molecule has 1 aromatic heterocycles. The molecule has 0 N–H and O–H groups in total. The molecule has 0 saturated carbocycles. The van der Waals surface area contributed by atoms with Crippen LogP contribution in [0.5, 0.6) is 0 Å². The number of aromatic nitrogens is 1. The molecule has 1 aliphatic heterocycles. The Labute approximate surface area is 99.6 Å². The summed E-state index contributed by atoms with van der Waals surface area (Å²) in [6.07, 6.45) is 4.32. The van der Waals surface area contributed by atoms with Gasteiger partial charge in [0.1, 0.15) is 5.03 Å². The minimum absolute atomic E-state index is 0.0722. The van der Waals surface area contributed by atoms with Gasteiger partial charge in [-0.2, -0.15) is 0 Å². The van der Waals surface area contributed by atoms with Crippen molar-refractivity contribution in [2.45, 2.75) is 30.9 Å². The zero-order valence-electron chi connectivity index (χ0n) is 9.31. The van der Waals surface area contributed by atoms with E-state index in [1.165, 1.54) is 0 Å². The Kier molecular flexibility index (Phi) is 3.96. The Hall–Kier alpha value is -0.870. The molecular weight excluding hydrogens is 222 g/mol. The second-order valence-electron chi connectivity index (χ2n) is 3.86. The molecule has 1 atom stereocenters. The fraction of sp³-hybridized carbons (Fsp3) is 0.500. The van der Waals surface area contributed by atoms with E-state index in [-0.39, 0.29) is 5.78 Å². The molecular formula is C12H15NO2S. The Morgan fingerprint density at radius 2 is 2.56 bits per heavy atom. The molecule has 0 amide bonds. The summed E-state index contributed by atoms with van der Waals surface area (Å²) in [7, 11) is 0. The van der Waals surface area contributed by atoms with Gasteiger partial charge in [0, 0.05) is 24.1 Å². The van der Waals surface area contributed by atoms with E-state index in [9.17, 15) is 4.79 Å². The van der Waals surface area contributed by atoms with Crippen molar-refractivity contribution in [1.29, 1.82) is 0 Å². The van der Waals surface area contributed by atoms with Gasteiger partial charge in [-0.15, -0.1) is 11.8 Å². The van der Waals surface area contributed by atoms with Crippen LogP contribution >= 0.6 is 11.8 Å². The molecule has 86 valence electrons. The van der Waals surface area contributed by atoms with Gasteiger partial charge in [-0.25, -0.2) is 4.98 Å². The van der Waals surface area contributed by atoms with Crippen molar-refractivity contribution < 1.29 is 9.53 Å². The van der Waals surface area contributed by atoms with Crippen LogP contribution < -0.4 is 0 Å². The summed E-state index contributed by atoms with van der Waals surface area (Å²) in [5, 5.41) is 0.825. The van der Waals surface area contributed by atoms with Gasteiger partial charge in [0.2, 0.25) is 0 Å². The maximum Gasteiger partial charge on any atom is 0.162 e. The van der Waals surface area contributed by atoms with Crippen LogP contribution in [-0.4, -0.2) is 29.2 Å². The Morgan fingerprint density at radius 1 is 1.69 bits per heavy atom. The number of ether oxygens (including phenoxy) is 1. The van der Waals surface area contributed by atoms with E-state index in [0.717, 1.165) is 30.2 Å². The molecule has 1 aliphatic rings. The lowest BCUT2D eigenvalue weighted by Crippen LogP contribution is -2.09. The van der Waals surface area contributed by atoms with Crippen LogP contribution in [0, 0.1) is 0 Å². The van der Waals surface area contributed by atoms with Crippen molar-refractivity contribution in [2.24, 2.45) is 0 Å². The second kappa shape index (κ2) is 5.46.